The van der Waals surface area contributed by atoms with E-state index in [0.29, 0.717) is 11.3 Å². The molecule has 0 aliphatic heterocycles. The number of nitrogens with one attached hydrogen (secondary N) is 3. The van der Waals surface area contributed by atoms with E-state index in [4.69, 9.17) is 0 Å². The van der Waals surface area contributed by atoms with E-state index in [1.807, 2.05) is 0 Å². The first-order chi connectivity index (χ1) is 12.8. The van der Waals surface area contributed by atoms with Crippen LogP contribution in [0.5, 0.6) is 0 Å². The molecule has 0 atom stereocenters. The molecular weight excluding hydrogens is 352 g/mol. The predicted molar refractivity (Wildman–Crippen MR) is 98.5 cm³/mol. The van der Waals surface area contributed by atoms with Gasteiger partial charge in [-0.1, -0.05) is 18.2 Å². The lowest BCUT2D eigenvalue weighted by atomic mass is 10.2. The maximum atomic E-state index is 11.9. The quantitative estimate of drug-likeness (QED) is 0.422. The van der Waals surface area contributed by atoms with Gasteiger partial charge in [-0.25, -0.2) is 0 Å². The standard InChI is InChI=1S/C18H16N4O5/c1-12(23)19-15-8-5-13(6-9-15)7-10-17(24)20-21-18(25)14-3-2-4-16(11-14)22(26)27/h2-11H,1H3,(H,19,23)(H,20,24)(H,21,25)/b10-7+. The highest BCUT2D eigenvalue weighted by Gasteiger charge is 2.11. The minimum Gasteiger partial charge on any atom is -0.326 e. The van der Waals surface area contributed by atoms with Gasteiger partial charge in [0, 0.05) is 36.4 Å². The summed E-state index contributed by atoms with van der Waals surface area (Å²) in [7, 11) is 0. The third kappa shape index (κ3) is 6.09. The number of carbonyl (C=O) groups excluding carboxylic acids is 3. The van der Waals surface area contributed by atoms with Crippen LogP contribution in [-0.2, 0) is 9.59 Å². The first-order valence-corrected chi connectivity index (χ1v) is 7.75. The van der Waals surface area contributed by atoms with Crippen molar-refractivity contribution in [2.45, 2.75) is 6.92 Å². The highest BCUT2D eigenvalue weighted by Crippen LogP contribution is 2.13. The van der Waals surface area contributed by atoms with Crippen LogP contribution in [0.3, 0.4) is 0 Å². The van der Waals surface area contributed by atoms with Crippen molar-refractivity contribution in [3.05, 3.63) is 75.8 Å². The van der Waals surface area contributed by atoms with Crippen LogP contribution in [0, 0.1) is 10.1 Å². The second-order valence-corrected chi connectivity index (χ2v) is 5.39. The van der Waals surface area contributed by atoms with Gasteiger partial charge < -0.3 is 5.32 Å². The van der Waals surface area contributed by atoms with Crippen LogP contribution in [-0.4, -0.2) is 22.6 Å². The number of hydrazine groups is 1. The van der Waals surface area contributed by atoms with E-state index in [1.54, 1.807) is 24.3 Å². The first-order valence-electron chi connectivity index (χ1n) is 7.75. The van der Waals surface area contributed by atoms with Crippen molar-refractivity contribution in [2.75, 3.05) is 5.32 Å². The molecule has 2 aromatic rings. The van der Waals surface area contributed by atoms with Gasteiger partial charge in [0.1, 0.15) is 0 Å². The number of carbonyl (C=O) groups is 3. The summed E-state index contributed by atoms with van der Waals surface area (Å²) in [5.74, 6) is -1.45. The average molecular weight is 368 g/mol. The minimum absolute atomic E-state index is 0.0436. The van der Waals surface area contributed by atoms with E-state index in [2.05, 4.69) is 16.2 Å². The molecule has 0 bridgehead atoms. The molecule has 9 nitrogen and oxygen atoms in total. The van der Waals surface area contributed by atoms with Crippen LogP contribution in [0.25, 0.3) is 6.08 Å². The van der Waals surface area contributed by atoms with Crippen LogP contribution in [0.1, 0.15) is 22.8 Å². The highest BCUT2D eigenvalue weighted by molar-refractivity contribution is 5.98. The van der Waals surface area contributed by atoms with Crippen molar-refractivity contribution >= 4 is 35.2 Å². The summed E-state index contributed by atoms with van der Waals surface area (Å²) < 4.78 is 0. The summed E-state index contributed by atoms with van der Waals surface area (Å²) >= 11 is 0. The number of amides is 3. The molecule has 0 spiro atoms. The first kappa shape index (κ1) is 19.3. The van der Waals surface area contributed by atoms with Crippen molar-refractivity contribution in [3.63, 3.8) is 0 Å². The van der Waals surface area contributed by atoms with Gasteiger partial charge >= 0.3 is 0 Å². The van der Waals surface area contributed by atoms with Crippen molar-refractivity contribution in [1.82, 2.24) is 10.9 Å². The molecule has 0 unspecified atom stereocenters. The molecule has 2 aromatic carbocycles. The van der Waals surface area contributed by atoms with Gasteiger partial charge in [-0.2, -0.15) is 0 Å². The molecule has 0 heterocycles. The lowest BCUT2D eigenvalue weighted by molar-refractivity contribution is -0.384. The zero-order valence-electron chi connectivity index (χ0n) is 14.3. The van der Waals surface area contributed by atoms with Gasteiger partial charge in [0.05, 0.1) is 4.92 Å². The molecule has 2 rings (SSSR count). The Morgan fingerprint density at radius 3 is 2.37 bits per heavy atom. The number of nitrogens with zero attached hydrogens (tertiary/aromatic N) is 1. The monoisotopic (exact) mass is 368 g/mol. The number of nitro benzene ring substituents is 1. The Kier molecular flexibility index (Phi) is 6.37. The summed E-state index contributed by atoms with van der Waals surface area (Å²) in [5, 5.41) is 13.3. The van der Waals surface area contributed by atoms with Gasteiger partial charge in [0.2, 0.25) is 5.91 Å². The molecule has 27 heavy (non-hydrogen) atoms. The van der Waals surface area contributed by atoms with Gasteiger partial charge in [-0.05, 0) is 29.8 Å². The Morgan fingerprint density at radius 1 is 1.04 bits per heavy atom. The molecule has 0 aromatic heterocycles. The number of anilines is 1. The number of nitro groups is 1. The molecule has 3 N–H and O–H groups in total. The van der Waals surface area contributed by atoms with E-state index in [0.717, 1.165) is 6.07 Å². The van der Waals surface area contributed by atoms with Gasteiger partial charge in [-0.15, -0.1) is 0 Å². The molecular formula is C18H16N4O5. The third-order valence-corrected chi connectivity index (χ3v) is 3.28. The minimum atomic E-state index is -0.680. The molecule has 138 valence electrons. The average Bonchev–Trinajstić information content (AvgIpc) is 2.65. The maximum Gasteiger partial charge on any atom is 0.270 e. The number of hydrogen-bond acceptors (Lipinski definition) is 5. The second kappa shape index (κ2) is 8.90. The fourth-order valence-electron chi connectivity index (χ4n) is 2.05. The Balaban J connectivity index is 1.89. The Morgan fingerprint density at radius 2 is 1.74 bits per heavy atom. The number of hydrogen-bond donors (Lipinski definition) is 3. The van der Waals surface area contributed by atoms with Crippen molar-refractivity contribution in [1.29, 1.82) is 0 Å². The zero-order chi connectivity index (χ0) is 19.8. The van der Waals surface area contributed by atoms with Gasteiger partial charge in [0.25, 0.3) is 17.5 Å². The van der Waals surface area contributed by atoms with Gasteiger partial charge in [0.15, 0.2) is 0 Å². The summed E-state index contributed by atoms with van der Waals surface area (Å²) in [6, 6.07) is 11.9. The Bertz CT molecular complexity index is 906. The Labute approximate surface area is 154 Å². The highest BCUT2D eigenvalue weighted by atomic mass is 16.6. The van der Waals surface area contributed by atoms with Gasteiger partial charge in [-0.3, -0.25) is 35.3 Å². The molecule has 0 saturated carbocycles. The molecule has 0 fully saturated rings. The van der Waals surface area contributed by atoms with Crippen LogP contribution in [0.2, 0.25) is 0 Å². The van der Waals surface area contributed by atoms with E-state index in [-0.39, 0.29) is 17.2 Å². The third-order valence-electron chi connectivity index (χ3n) is 3.28. The largest absolute Gasteiger partial charge is 0.326 e. The fourth-order valence-corrected chi connectivity index (χ4v) is 2.05. The zero-order valence-corrected chi connectivity index (χ0v) is 14.3. The molecule has 9 heteroatoms. The number of rotatable bonds is 5. The van der Waals surface area contributed by atoms with E-state index >= 15 is 0 Å². The summed E-state index contributed by atoms with van der Waals surface area (Å²) in [6.45, 7) is 1.40. The van der Waals surface area contributed by atoms with Crippen LogP contribution < -0.4 is 16.2 Å². The molecule has 3 amide bonds. The second-order valence-electron chi connectivity index (χ2n) is 5.39. The Hall–Kier alpha value is -4.01. The van der Waals surface area contributed by atoms with Crippen molar-refractivity contribution in [3.8, 4) is 0 Å². The summed E-state index contributed by atoms with van der Waals surface area (Å²) in [6.07, 6.45) is 2.73. The normalized spacial score (nSPS) is 10.3. The smallest absolute Gasteiger partial charge is 0.270 e. The molecule has 0 aliphatic rings. The summed E-state index contributed by atoms with van der Waals surface area (Å²) in [4.78, 5) is 44.7. The lowest BCUT2D eigenvalue weighted by Crippen LogP contribution is -2.40. The van der Waals surface area contributed by atoms with Crippen LogP contribution in [0.15, 0.2) is 54.6 Å². The predicted octanol–water partition coefficient (Wildman–Crippen LogP) is 2.03. The SMILES string of the molecule is CC(=O)Nc1ccc(/C=C/C(=O)NNC(=O)c2cccc([N+](=O)[O-])c2)cc1. The number of benzene rings is 2. The van der Waals surface area contributed by atoms with Crippen molar-refractivity contribution in [2.24, 2.45) is 0 Å². The van der Waals surface area contributed by atoms with E-state index < -0.39 is 16.7 Å². The van der Waals surface area contributed by atoms with Crippen LogP contribution >= 0.6 is 0 Å². The van der Waals surface area contributed by atoms with Crippen LogP contribution in [0.4, 0.5) is 11.4 Å². The molecule has 0 saturated heterocycles. The lowest BCUT2D eigenvalue weighted by Gasteiger charge is -2.05. The maximum absolute atomic E-state index is 11.9. The fraction of sp³-hybridized carbons (Fsp3) is 0.0556. The van der Waals surface area contributed by atoms with Crippen molar-refractivity contribution < 1.29 is 19.3 Å². The molecule has 0 aliphatic carbocycles. The molecule has 0 radical (unpaired) electrons. The summed E-state index contributed by atoms with van der Waals surface area (Å²) in [5.41, 5.74) is 5.52. The number of non-ortho nitro benzene ring substituents is 1. The van der Waals surface area contributed by atoms with E-state index in [9.17, 15) is 24.5 Å². The van der Waals surface area contributed by atoms with E-state index in [1.165, 1.54) is 37.3 Å². The topological polar surface area (TPSA) is 130 Å².